The number of carbonyl (C=O) groups is 2. The Kier molecular flexibility index (Phi) is 5.84. The fourth-order valence-electron chi connectivity index (χ4n) is 2.75. The number of carbonyl (C=O) groups excluding carboxylic acids is 2. The first kappa shape index (κ1) is 19.3. The molecule has 0 aliphatic rings. The Bertz CT molecular complexity index is 995. The molecule has 0 spiro atoms. The Morgan fingerprint density at radius 1 is 0.786 bits per heavy atom. The van der Waals surface area contributed by atoms with Gasteiger partial charge in [0.2, 0.25) is 0 Å². The largest absolute Gasteiger partial charge is 0.321 e. The van der Waals surface area contributed by atoms with Gasteiger partial charge in [-0.3, -0.25) is 9.59 Å². The summed E-state index contributed by atoms with van der Waals surface area (Å²) in [5.41, 5.74) is 3.99. The van der Waals surface area contributed by atoms with Crippen LogP contribution in [0.2, 0.25) is 0 Å². The maximum absolute atomic E-state index is 12.5. The van der Waals surface area contributed by atoms with Crippen LogP contribution in [0.4, 0.5) is 11.4 Å². The lowest BCUT2D eigenvalue weighted by Crippen LogP contribution is -2.18. The van der Waals surface area contributed by atoms with Crippen molar-refractivity contribution in [3.63, 3.8) is 0 Å². The van der Waals surface area contributed by atoms with Crippen LogP contribution in [0.5, 0.6) is 0 Å². The van der Waals surface area contributed by atoms with E-state index in [9.17, 15) is 9.59 Å². The number of benzene rings is 2. The number of hydrogen-bond acceptors (Lipinski definition) is 3. The van der Waals surface area contributed by atoms with Gasteiger partial charge < -0.3 is 10.6 Å². The third kappa shape index (κ3) is 4.82. The maximum atomic E-state index is 12.5. The molecule has 0 saturated carbocycles. The molecule has 5 nitrogen and oxygen atoms in total. The molecule has 0 aliphatic carbocycles. The molecule has 28 heavy (non-hydrogen) atoms. The van der Waals surface area contributed by atoms with Gasteiger partial charge in [0.25, 0.3) is 11.8 Å². The average Bonchev–Trinajstić information content (AvgIpc) is 2.68. The summed E-state index contributed by atoms with van der Waals surface area (Å²) in [6.45, 7) is 6.18. The first-order valence-electron chi connectivity index (χ1n) is 9.19. The summed E-state index contributed by atoms with van der Waals surface area (Å²) in [5, 5.41) is 5.61. The van der Waals surface area contributed by atoms with Gasteiger partial charge in [-0.25, -0.2) is 4.98 Å². The highest BCUT2D eigenvalue weighted by atomic mass is 16.2. The Labute approximate surface area is 164 Å². The topological polar surface area (TPSA) is 71.1 Å². The summed E-state index contributed by atoms with van der Waals surface area (Å²) in [5.74, 6) is -0.293. The highest BCUT2D eigenvalue weighted by Gasteiger charge is 2.13. The highest BCUT2D eigenvalue weighted by molar-refractivity contribution is 6.06. The number of amides is 2. The van der Waals surface area contributed by atoms with E-state index < -0.39 is 0 Å². The van der Waals surface area contributed by atoms with Gasteiger partial charge in [0.15, 0.2) is 0 Å². The molecular weight excluding hydrogens is 350 g/mol. The first-order chi connectivity index (χ1) is 13.4. The second-order valence-electron chi connectivity index (χ2n) is 6.96. The molecule has 2 N–H and O–H groups in total. The number of hydrogen-bond donors (Lipinski definition) is 2. The number of anilines is 2. The van der Waals surface area contributed by atoms with Gasteiger partial charge in [0.1, 0.15) is 11.4 Å². The molecule has 3 aromatic rings. The third-order valence-corrected chi connectivity index (χ3v) is 4.33. The van der Waals surface area contributed by atoms with Crippen LogP contribution in [0.25, 0.3) is 0 Å². The van der Waals surface area contributed by atoms with Crippen LogP contribution < -0.4 is 10.6 Å². The van der Waals surface area contributed by atoms with Crippen molar-refractivity contribution in [3.05, 3.63) is 89.2 Å². The number of rotatable bonds is 5. The van der Waals surface area contributed by atoms with Crippen molar-refractivity contribution in [2.24, 2.45) is 0 Å². The lowest BCUT2D eigenvalue weighted by molar-refractivity contribution is 0.101. The van der Waals surface area contributed by atoms with E-state index in [1.165, 1.54) is 5.56 Å². The fraction of sp³-hybridized carbons (Fsp3) is 0.174. The van der Waals surface area contributed by atoms with E-state index in [-0.39, 0.29) is 23.2 Å². The number of aromatic nitrogens is 1. The van der Waals surface area contributed by atoms with Crippen molar-refractivity contribution < 1.29 is 9.59 Å². The molecule has 0 saturated heterocycles. The molecule has 0 fully saturated rings. The fourth-order valence-corrected chi connectivity index (χ4v) is 2.75. The average molecular weight is 373 g/mol. The number of nitrogens with one attached hydrogen (secondary N) is 2. The van der Waals surface area contributed by atoms with Gasteiger partial charge >= 0.3 is 0 Å². The standard InChI is InChI=1S/C23H23N3O2/c1-15(2)17-10-12-18(13-11-17)24-22(27)20-8-5-9-21(26-20)23(28)25-19-7-4-6-16(3)14-19/h4-15H,1-3H3,(H,24,27)(H,25,28). The minimum Gasteiger partial charge on any atom is -0.321 e. The molecular formula is C23H23N3O2. The third-order valence-electron chi connectivity index (χ3n) is 4.33. The molecule has 2 aromatic carbocycles. The summed E-state index contributed by atoms with van der Waals surface area (Å²) in [4.78, 5) is 29.2. The van der Waals surface area contributed by atoms with E-state index in [0.29, 0.717) is 17.3 Å². The monoisotopic (exact) mass is 373 g/mol. The highest BCUT2D eigenvalue weighted by Crippen LogP contribution is 2.18. The van der Waals surface area contributed by atoms with Crippen LogP contribution in [-0.2, 0) is 0 Å². The number of nitrogens with zero attached hydrogens (tertiary/aromatic N) is 1. The molecule has 5 heteroatoms. The Morgan fingerprint density at radius 3 is 1.93 bits per heavy atom. The van der Waals surface area contributed by atoms with Crippen molar-refractivity contribution in [1.29, 1.82) is 0 Å². The quantitative estimate of drug-likeness (QED) is 0.660. The lowest BCUT2D eigenvalue weighted by atomic mass is 10.0. The van der Waals surface area contributed by atoms with Gasteiger partial charge in [-0.2, -0.15) is 0 Å². The van der Waals surface area contributed by atoms with Crippen LogP contribution in [-0.4, -0.2) is 16.8 Å². The molecule has 0 atom stereocenters. The molecule has 0 radical (unpaired) electrons. The van der Waals surface area contributed by atoms with Crippen molar-refractivity contribution in [1.82, 2.24) is 4.98 Å². The molecule has 2 amide bonds. The summed E-state index contributed by atoms with van der Waals surface area (Å²) in [6, 6.07) is 20.0. The lowest BCUT2D eigenvalue weighted by Gasteiger charge is -2.09. The van der Waals surface area contributed by atoms with E-state index in [1.54, 1.807) is 18.2 Å². The molecule has 142 valence electrons. The second-order valence-corrected chi connectivity index (χ2v) is 6.96. The Balaban J connectivity index is 1.71. The van der Waals surface area contributed by atoms with E-state index in [0.717, 1.165) is 5.56 Å². The molecule has 0 bridgehead atoms. The first-order valence-corrected chi connectivity index (χ1v) is 9.19. The van der Waals surface area contributed by atoms with Crippen LogP contribution in [0.3, 0.4) is 0 Å². The minimum absolute atomic E-state index is 0.185. The van der Waals surface area contributed by atoms with Crippen LogP contribution in [0.15, 0.2) is 66.7 Å². The van der Waals surface area contributed by atoms with Crippen LogP contribution in [0, 0.1) is 6.92 Å². The number of aryl methyl sites for hydroxylation is 1. The van der Waals surface area contributed by atoms with E-state index >= 15 is 0 Å². The summed E-state index contributed by atoms with van der Waals surface area (Å²) >= 11 is 0. The van der Waals surface area contributed by atoms with Gasteiger partial charge in [-0.05, 0) is 60.4 Å². The molecule has 1 heterocycles. The zero-order valence-electron chi connectivity index (χ0n) is 16.2. The van der Waals surface area contributed by atoms with Gasteiger partial charge in [-0.15, -0.1) is 0 Å². The van der Waals surface area contributed by atoms with Gasteiger partial charge in [0.05, 0.1) is 0 Å². The zero-order chi connectivity index (χ0) is 20.1. The van der Waals surface area contributed by atoms with Gasteiger partial charge in [0, 0.05) is 11.4 Å². The van der Waals surface area contributed by atoms with E-state index in [4.69, 9.17) is 0 Å². The van der Waals surface area contributed by atoms with E-state index in [1.807, 2.05) is 55.5 Å². The predicted octanol–water partition coefficient (Wildman–Crippen LogP) is 5.02. The van der Waals surface area contributed by atoms with Crippen molar-refractivity contribution in [2.75, 3.05) is 10.6 Å². The van der Waals surface area contributed by atoms with Crippen LogP contribution in [0.1, 0.15) is 51.9 Å². The van der Waals surface area contributed by atoms with Crippen molar-refractivity contribution in [3.8, 4) is 0 Å². The Hall–Kier alpha value is -3.47. The van der Waals surface area contributed by atoms with E-state index in [2.05, 4.69) is 29.5 Å². The summed E-state index contributed by atoms with van der Waals surface area (Å²) < 4.78 is 0. The molecule has 3 rings (SSSR count). The minimum atomic E-state index is -0.360. The number of pyridine rings is 1. The normalized spacial score (nSPS) is 10.6. The van der Waals surface area contributed by atoms with Gasteiger partial charge in [-0.1, -0.05) is 44.2 Å². The second kappa shape index (κ2) is 8.48. The van der Waals surface area contributed by atoms with Crippen LogP contribution >= 0.6 is 0 Å². The molecule has 0 aliphatic heterocycles. The SMILES string of the molecule is Cc1cccc(NC(=O)c2cccc(C(=O)Nc3ccc(C(C)C)cc3)n2)c1. The van der Waals surface area contributed by atoms with Crippen molar-refractivity contribution >= 4 is 23.2 Å². The Morgan fingerprint density at radius 2 is 1.36 bits per heavy atom. The predicted molar refractivity (Wildman–Crippen MR) is 112 cm³/mol. The smallest absolute Gasteiger partial charge is 0.274 e. The summed E-state index contributed by atoms with van der Waals surface area (Å²) in [6.07, 6.45) is 0. The zero-order valence-corrected chi connectivity index (χ0v) is 16.2. The molecule has 0 unspecified atom stereocenters. The van der Waals surface area contributed by atoms with Crippen molar-refractivity contribution in [2.45, 2.75) is 26.7 Å². The summed E-state index contributed by atoms with van der Waals surface area (Å²) in [7, 11) is 0. The molecule has 1 aromatic heterocycles. The maximum Gasteiger partial charge on any atom is 0.274 e.